The Morgan fingerprint density at radius 2 is 2.20 bits per heavy atom. The first-order valence-electron chi connectivity index (χ1n) is 6.90. The van der Waals surface area contributed by atoms with Gasteiger partial charge in [-0.1, -0.05) is 13.0 Å². The maximum absolute atomic E-state index is 11.0. The largest absolute Gasteiger partial charge is 0.298 e. The molecule has 0 spiro atoms. The molecule has 20 heavy (non-hydrogen) atoms. The van der Waals surface area contributed by atoms with Gasteiger partial charge in [-0.05, 0) is 41.0 Å². The lowest BCUT2D eigenvalue weighted by molar-refractivity contribution is -0.385. The number of hydrogen-bond acceptors (Lipinski definition) is 4. The second-order valence-corrected chi connectivity index (χ2v) is 6.11. The van der Waals surface area contributed by atoms with Crippen molar-refractivity contribution in [3.05, 3.63) is 38.3 Å². The number of piperazine rings is 1. The fourth-order valence-electron chi connectivity index (χ4n) is 2.74. The van der Waals surface area contributed by atoms with Gasteiger partial charge in [-0.3, -0.25) is 19.9 Å². The van der Waals surface area contributed by atoms with E-state index in [9.17, 15) is 10.1 Å². The molecule has 1 aliphatic heterocycles. The van der Waals surface area contributed by atoms with Crippen LogP contribution in [-0.2, 0) is 6.54 Å². The van der Waals surface area contributed by atoms with Gasteiger partial charge in [0.15, 0.2) is 0 Å². The first kappa shape index (κ1) is 15.4. The first-order chi connectivity index (χ1) is 9.51. The van der Waals surface area contributed by atoms with Gasteiger partial charge in [0.25, 0.3) is 5.69 Å². The van der Waals surface area contributed by atoms with Crippen LogP contribution in [0.15, 0.2) is 22.7 Å². The summed E-state index contributed by atoms with van der Waals surface area (Å²) >= 11 is 3.22. The van der Waals surface area contributed by atoms with Gasteiger partial charge in [-0.25, -0.2) is 0 Å². The Labute approximate surface area is 127 Å². The Hall–Kier alpha value is -0.980. The third-order valence-electron chi connectivity index (χ3n) is 3.87. The molecule has 0 radical (unpaired) electrons. The fourth-order valence-corrected chi connectivity index (χ4v) is 3.13. The number of hydrogen-bond donors (Lipinski definition) is 0. The number of benzene rings is 1. The van der Waals surface area contributed by atoms with Crippen molar-refractivity contribution >= 4 is 21.6 Å². The van der Waals surface area contributed by atoms with Crippen LogP contribution in [0.4, 0.5) is 5.69 Å². The number of nitrogens with zero attached hydrogens (tertiary/aromatic N) is 3. The normalized spacial score (nSPS) is 21.1. The summed E-state index contributed by atoms with van der Waals surface area (Å²) in [6.07, 6.45) is 0. The standard InChI is InChI=1S/C14H20BrN3O2/c1-3-17-7-6-16(9-11(17)2)10-12-4-5-13(15)14(8-12)18(19)20/h4-5,8,11H,3,6-7,9-10H2,1-2H3. The lowest BCUT2D eigenvalue weighted by Gasteiger charge is -2.39. The Morgan fingerprint density at radius 3 is 2.80 bits per heavy atom. The topological polar surface area (TPSA) is 49.6 Å². The molecule has 1 atom stereocenters. The van der Waals surface area contributed by atoms with Gasteiger partial charge in [0.05, 0.1) is 9.40 Å². The van der Waals surface area contributed by atoms with Crippen LogP contribution in [-0.4, -0.2) is 46.9 Å². The molecule has 1 aromatic carbocycles. The third kappa shape index (κ3) is 3.56. The van der Waals surface area contributed by atoms with Crippen LogP contribution in [0, 0.1) is 10.1 Å². The second kappa shape index (κ2) is 6.65. The molecule has 0 aliphatic carbocycles. The molecular weight excluding hydrogens is 322 g/mol. The molecule has 0 amide bonds. The summed E-state index contributed by atoms with van der Waals surface area (Å²) < 4.78 is 0.537. The van der Waals surface area contributed by atoms with Crippen LogP contribution in [0.1, 0.15) is 19.4 Å². The van der Waals surface area contributed by atoms with E-state index in [1.54, 1.807) is 12.1 Å². The molecule has 1 saturated heterocycles. The molecule has 1 fully saturated rings. The van der Waals surface area contributed by atoms with Gasteiger partial charge in [-0.15, -0.1) is 0 Å². The number of rotatable bonds is 4. The average molecular weight is 342 g/mol. The van der Waals surface area contributed by atoms with E-state index in [1.807, 2.05) is 6.07 Å². The van der Waals surface area contributed by atoms with Gasteiger partial charge >= 0.3 is 0 Å². The zero-order valence-electron chi connectivity index (χ0n) is 11.9. The molecule has 1 aliphatic rings. The summed E-state index contributed by atoms with van der Waals surface area (Å²) in [5.74, 6) is 0. The zero-order chi connectivity index (χ0) is 14.7. The molecule has 5 nitrogen and oxygen atoms in total. The zero-order valence-corrected chi connectivity index (χ0v) is 13.5. The highest BCUT2D eigenvalue weighted by Gasteiger charge is 2.22. The quantitative estimate of drug-likeness (QED) is 0.624. The molecule has 0 saturated carbocycles. The van der Waals surface area contributed by atoms with E-state index in [0.29, 0.717) is 10.5 Å². The van der Waals surface area contributed by atoms with E-state index < -0.39 is 0 Å². The van der Waals surface area contributed by atoms with Crippen molar-refractivity contribution in [2.45, 2.75) is 26.4 Å². The van der Waals surface area contributed by atoms with E-state index in [0.717, 1.165) is 38.3 Å². The molecule has 0 bridgehead atoms. The molecule has 6 heteroatoms. The highest BCUT2D eigenvalue weighted by molar-refractivity contribution is 9.10. The molecular formula is C14H20BrN3O2. The van der Waals surface area contributed by atoms with E-state index in [-0.39, 0.29) is 10.6 Å². The van der Waals surface area contributed by atoms with Crippen molar-refractivity contribution in [3.8, 4) is 0 Å². The lowest BCUT2D eigenvalue weighted by Crippen LogP contribution is -2.51. The number of nitro groups is 1. The Kier molecular flexibility index (Phi) is 5.12. The van der Waals surface area contributed by atoms with Crippen LogP contribution >= 0.6 is 15.9 Å². The lowest BCUT2D eigenvalue weighted by atomic mass is 10.1. The first-order valence-corrected chi connectivity index (χ1v) is 7.69. The second-order valence-electron chi connectivity index (χ2n) is 5.26. The number of nitro benzene ring substituents is 1. The van der Waals surface area contributed by atoms with Crippen molar-refractivity contribution in [1.82, 2.24) is 9.80 Å². The van der Waals surface area contributed by atoms with Crippen molar-refractivity contribution in [2.24, 2.45) is 0 Å². The highest BCUT2D eigenvalue weighted by atomic mass is 79.9. The molecule has 0 N–H and O–H groups in total. The number of halogens is 1. The summed E-state index contributed by atoms with van der Waals surface area (Å²) in [4.78, 5) is 15.4. The van der Waals surface area contributed by atoms with Gasteiger partial charge in [0, 0.05) is 38.3 Å². The van der Waals surface area contributed by atoms with Crippen molar-refractivity contribution in [1.29, 1.82) is 0 Å². The summed E-state index contributed by atoms with van der Waals surface area (Å²) in [6, 6.07) is 5.92. The van der Waals surface area contributed by atoms with Crippen LogP contribution in [0.3, 0.4) is 0 Å². The van der Waals surface area contributed by atoms with Gasteiger partial charge in [-0.2, -0.15) is 0 Å². The minimum absolute atomic E-state index is 0.141. The molecule has 1 aromatic rings. The molecule has 1 unspecified atom stereocenters. The minimum atomic E-state index is -0.342. The van der Waals surface area contributed by atoms with E-state index in [1.165, 1.54) is 0 Å². The van der Waals surface area contributed by atoms with Crippen LogP contribution in [0.5, 0.6) is 0 Å². The summed E-state index contributed by atoms with van der Waals surface area (Å²) in [5.41, 5.74) is 1.14. The maximum atomic E-state index is 11.0. The SMILES string of the molecule is CCN1CCN(Cc2ccc(Br)c([N+](=O)[O-])c2)CC1C. The van der Waals surface area contributed by atoms with Gasteiger partial charge in [0.2, 0.25) is 0 Å². The van der Waals surface area contributed by atoms with Crippen molar-refractivity contribution in [3.63, 3.8) is 0 Å². The maximum Gasteiger partial charge on any atom is 0.283 e. The number of likely N-dealkylation sites (N-methyl/N-ethyl adjacent to an activating group) is 1. The highest BCUT2D eigenvalue weighted by Crippen LogP contribution is 2.26. The van der Waals surface area contributed by atoms with E-state index in [2.05, 4.69) is 39.6 Å². The van der Waals surface area contributed by atoms with E-state index >= 15 is 0 Å². The summed E-state index contributed by atoms with van der Waals surface area (Å²) in [5, 5.41) is 11.0. The summed E-state index contributed by atoms with van der Waals surface area (Å²) in [7, 11) is 0. The van der Waals surface area contributed by atoms with Crippen molar-refractivity contribution < 1.29 is 4.92 Å². The molecule has 1 heterocycles. The Balaban J connectivity index is 2.04. The third-order valence-corrected chi connectivity index (χ3v) is 4.54. The molecule has 0 aromatic heterocycles. The van der Waals surface area contributed by atoms with Gasteiger partial charge in [0.1, 0.15) is 0 Å². The van der Waals surface area contributed by atoms with E-state index in [4.69, 9.17) is 0 Å². The Bertz CT molecular complexity index is 495. The predicted octanol–water partition coefficient (Wildman–Crippen LogP) is 2.88. The van der Waals surface area contributed by atoms with Crippen LogP contribution in [0.25, 0.3) is 0 Å². The molecule has 2 rings (SSSR count). The van der Waals surface area contributed by atoms with Gasteiger partial charge < -0.3 is 0 Å². The minimum Gasteiger partial charge on any atom is -0.298 e. The van der Waals surface area contributed by atoms with Crippen LogP contribution < -0.4 is 0 Å². The summed E-state index contributed by atoms with van der Waals surface area (Å²) in [6.45, 7) is 9.37. The fraction of sp³-hybridized carbons (Fsp3) is 0.571. The van der Waals surface area contributed by atoms with Crippen molar-refractivity contribution in [2.75, 3.05) is 26.2 Å². The average Bonchev–Trinajstić information content (AvgIpc) is 2.41. The smallest absolute Gasteiger partial charge is 0.283 e. The monoisotopic (exact) mass is 341 g/mol. The predicted molar refractivity (Wildman–Crippen MR) is 82.8 cm³/mol. The van der Waals surface area contributed by atoms with Crippen LogP contribution in [0.2, 0.25) is 0 Å². The Morgan fingerprint density at radius 1 is 1.45 bits per heavy atom. The molecule has 110 valence electrons.